The lowest BCUT2D eigenvalue weighted by molar-refractivity contribution is 0.476. The lowest BCUT2D eigenvalue weighted by atomic mass is 10.1. The first-order valence-electron chi connectivity index (χ1n) is 6.70. The van der Waals surface area contributed by atoms with E-state index in [1.54, 1.807) is 0 Å². The molecule has 18 heavy (non-hydrogen) atoms. The van der Waals surface area contributed by atoms with E-state index in [-0.39, 0.29) is 0 Å². The quantitative estimate of drug-likeness (QED) is 0.640. The molecule has 0 radical (unpaired) electrons. The fraction of sp³-hybridized carbons (Fsp3) is 0.533. The summed E-state index contributed by atoms with van der Waals surface area (Å²) >= 11 is 0. The van der Waals surface area contributed by atoms with Gasteiger partial charge in [-0.3, -0.25) is 4.99 Å². The SMILES string of the molecule is CCCNC(=NC)N(C)Cc1ccc(CC)cc1. The maximum Gasteiger partial charge on any atom is 0.193 e. The van der Waals surface area contributed by atoms with Crippen LogP contribution in [0.5, 0.6) is 0 Å². The standard InChI is InChI=1S/C15H25N3/c1-5-11-17-15(16-3)18(4)12-14-9-7-13(6-2)8-10-14/h7-10H,5-6,11-12H2,1-4H3,(H,16,17). The Bertz CT molecular complexity index is 368. The molecule has 0 saturated carbocycles. The largest absolute Gasteiger partial charge is 0.356 e. The topological polar surface area (TPSA) is 27.6 Å². The van der Waals surface area contributed by atoms with Crippen LogP contribution in [0.15, 0.2) is 29.3 Å². The molecule has 0 aliphatic rings. The minimum atomic E-state index is 0.882. The number of hydrogen-bond acceptors (Lipinski definition) is 1. The van der Waals surface area contributed by atoms with Crippen LogP contribution >= 0.6 is 0 Å². The number of nitrogens with zero attached hydrogens (tertiary/aromatic N) is 2. The molecule has 0 fully saturated rings. The third kappa shape index (κ3) is 4.40. The van der Waals surface area contributed by atoms with Gasteiger partial charge in [0.05, 0.1) is 0 Å². The zero-order valence-corrected chi connectivity index (χ0v) is 12.0. The van der Waals surface area contributed by atoms with E-state index in [1.807, 2.05) is 7.05 Å². The molecule has 1 aromatic rings. The van der Waals surface area contributed by atoms with Gasteiger partial charge in [0.25, 0.3) is 0 Å². The van der Waals surface area contributed by atoms with E-state index in [0.717, 1.165) is 31.9 Å². The van der Waals surface area contributed by atoms with Crippen molar-refractivity contribution in [2.24, 2.45) is 4.99 Å². The molecule has 0 aliphatic carbocycles. The van der Waals surface area contributed by atoms with Crippen LogP contribution < -0.4 is 5.32 Å². The molecular weight excluding hydrogens is 222 g/mol. The number of nitrogens with one attached hydrogen (secondary N) is 1. The summed E-state index contributed by atoms with van der Waals surface area (Å²) in [4.78, 5) is 6.44. The number of aliphatic imine (C=N–C) groups is 1. The van der Waals surface area contributed by atoms with Crippen LogP contribution in [0.4, 0.5) is 0 Å². The van der Waals surface area contributed by atoms with Crippen molar-refractivity contribution in [3.05, 3.63) is 35.4 Å². The van der Waals surface area contributed by atoms with Gasteiger partial charge in [0.1, 0.15) is 0 Å². The molecule has 0 unspecified atom stereocenters. The molecule has 0 bridgehead atoms. The normalized spacial score (nSPS) is 11.4. The first kappa shape index (κ1) is 14.6. The van der Waals surface area contributed by atoms with Gasteiger partial charge >= 0.3 is 0 Å². The van der Waals surface area contributed by atoms with E-state index >= 15 is 0 Å². The molecule has 3 nitrogen and oxygen atoms in total. The minimum Gasteiger partial charge on any atom is -0.356 e. The van der Waals surface area contributed by atoms with Crippen LogP contribution in [0.3, 0.4) is 0 Å². The highest BCUT2D eigenvalue weighted by atomic mass is 15.3. The molecule has 0 heterocycles. The molecule has 1 aromatic carbocycles. The van der Waals surface area contributed by atoms with Crippen molar-refractivity contribution in [1.29, 1.82) is 0 Å². The second-order valence-corrected chi connectivity index (χ2v) is 4.50. The molecule has 0 spiro atoms. The van der Waals surface area contributed by atoms with Crippen molar-refractivity contribution in [1.82, 2.24) is 10.2 Å². The zero-order valence-electron chi connectivity index (χ0n) is 12.0. The maximum absolute atomic E-state index is 4.29. The highest BCUT2D eigenvalue weighted by Crippen LogP contribution is 2.07. The van der Waals surface area contributed by atoms with E-state index in [0.29, 0.717) is 0 Å². The molecule has 100 valence electrons. The molecule has 0 saturated heterocycles. The van der Waals surface area contributed by atoms with Gasteiger partial charge in [0.15, 0.2) is 5.96 Å². The lowest BCUT2D eigenvalue weighted by Gasteiger charge is -2.22. The molecule has 3 heteroatoms. The Hall–Kier alpha value is -1.51. The highest BCUT2D eigenvalue weighted by molar-refractivity contribution is 5.79. The third-order valence-electron chi connectivity index (χ3n) is 2.96. The number of rotatable bonds is 5. The van der Waals surface area contributed by atoms with E-state index in [1.165, 1.54) is 11.1 Å². The number of benzene rings is 1. The average Bonchev–Trinajstić information content (AvgIpc) is 2.40. The third-order valence-corrected chi connectivity index (χ3v) is 2.96. The Morgan fingerprint density at radius 3 is 2.28 bits per heavy atom. The van der Waals surface area contributed by atoms with Crippen molar-refractivity contribution < 1.29 is 0 Å². The van der Waals surface area contributed by atoms with Crippen LogP contribution in [-0.4, -0.2) is 31.5 Å². The fourth-order valence-corrected chi connectivity index (χ4v) is 1.85. The predicted octanol–water partition coefficient (Wildman–Crippen LogP) is 2.67. The van der Waals surface area contributed by atoms with Gasteiger partial charge in [-0.25, -0.2) is 0 Å². The molecule has 1 rings (SSSR count). The Morgan fingerprint density at radius 1 is 1.17 bits per heavy atom. The van der Waals surface area contributed by atoms with Gasteiger partial charge in [-0.2, -0.15) is 0 Å². The summed E-state index contributed by atoms with van der Waals surface area (Å²) in [6.45, 7) is 6.18. The van der Waals surface area contributed by atoms with Crippen LogP contribution in [0.2, 0.25) is 0 Å². The molecule has 0 amide bonds. The molecule has 0 aromatic heterocycles. The van der Waals surface area contributed by atoms with E-state index in [4.69, 9.17) is 0 Å². The van der Waals surface area contributed by atoms with Gasteiger partial charge in [-0.05, 0) is 24.0 Å². The summed E-state index contributed by atoms with van der Waals surface area (Å²) in [6.07, 6.45) is 2.20. The van der Waals surface area contributed by atoms with E-state index in [9.17, 15) is 0 Å². The minimum absolute atomic E-state index is 0.882. The highest BCUT2D eigenvalue weighted by Gasteiger charge is 2.05. The first-order valence-corrected chi connectivity index (χ1v) is 6.70. The summed E-state index contributed by atoms with van der Waals surface area (Å²) in [5, 5.41) is 3.34. The summed E-state index contributed by atoms with van der Waals surface area (Å²) in [5.74, 6) is 0.955. The molecule has 0 aliphatic heterocycles. The van der Waals surface area contributed by atoms with E-state index < -0.39 is 0 Å². The smallest absolute Gasteiger partial charge is 0.193 e. The fourth-order valence-electron chi connectivity index (χ4n) is 1.85. The lowest BCUT2D eigenvalue weighted by Crippen LogP contribution is -2.38. The van der Waals surface area contributed by atoms with Gasteiger partial charge in [0, 0.05) is 27.2 Å². The van der Waals surface area contributed by atoms with E-state index in [2.05, 4.69) is 60.4 Å². The van der Waals surface area contributed by atoms with Crippen LogP contribution in [0.1, 0.15) is 31.4 Å². The average molecular weight is 247 g/mol. The number of aryl methyl sites for hydroxylation is 1. The number of hydrogen-bond donors (Lipinski definition) is 1. The molecular formula is C15H25N3. The van der Waals surface area contributed by atoms with Gasteiger partial charge < -0.3 is 10.2 Å². The summed E-state index contributed by atoms with van der Waals surface area (Å²) < 4.78 is 0. The second kappa shape index (κ2) is 7.75. The maximum atomic E-state index is 4.29. The van der Waals surface area contributed by atoms with Gasteiger partial charge in [-0.15, -0.1) is 0 Å². The Labute approximate surface area is 111 Å². The summed E-state index contributed by atoms with van der Waals surface area (Å²) in [7, 11) is 3.90. The first-order chi connectivity index (χ1) is 8.71. The van der Waals surface area contributed by atoms with Gasteiger partial charge in [-0.1, -0.05) is 38.1 Å². The van der Waals surface area contributed by atoms with Crippen LogP contribution in [0.25, 0.3) is 0 Å². The Morgan fingerprint density at radius 2 is 1.78 bits per heavy atom. The van der Waals surface area contributed by atoms with Crippen LogP contribution in [0, 0.1) is 0 Å². The Kier molecular flexibility index (Phi) is 6.26. The second-order valence-electron chi connectivity index (χ2n) is 4.50. The van der Waals surface area contributed by atoms with Crippen LogP contribution in [-0.2, 0) is 13.0 Å². The Balaban J connectivity index is 2.58. The summed E-state index contributed by atoms with van der Waals surface area (Å²) in [5.41, 5.74) is 2.70. The summed E-state index contributed by atoms with van der Waals surface area (Å²) in [6, 6.07) is 8.79. The number of guanidine groups is 1. The van der Waals surface area contributed by atoms with Gasteiger partial charge in [0.2, 0.25) is 0 Å². The monoisotopic (exact) mass is 247 g/mol. The van der Waals surface area contributed by atoms with Crippen molar-refractivity contribution in [3.8, 4) is 0 Å². The molecule has 1 N–H and O–H groups in total. The zero-order chi connectivity index (χ0) is 13.4. The van der Waals surface area contributed by atoms with Crippen molar-refractivity contribution in [3.63, 3.8) is 0 Å². The van der Waals surface area contributed by atoms with Crippen molar-refractivity contribution in [2.75, 3.05) is 20.6 Å². The molecule has 0 atom stereocenters. The predicted molar refractivity (Wildman–Crippen MR) is 78.9 cm³/mol. The van der Waals surface area contributed by atoms with Crippen molar-refractivity contribution in [2.45, 2.75) is 33.2 Å². The van der Waals surface area contributed by atoms with Crippen molar-refractivity contribution >= 4 is 5.96 Å².